The van der Waals surface area contributed by atoms with Crippen LogP contribution in [0.3, 0.4) is 0 Å². The highest BCUT2D eigenvalue weighted by Gasteiger charge is 2.31. The summed E-state index contributed by atoms with van der Waals surface area (Å²) >= 11 is 6.19. The van der Waals surface area contributed by atoms with E-state index in [1.165, 1.54) is 24.7 Å². The van der Waals surface area contributed by atoms with Crippen molar-refractivity contribution >= 4 is 40.0 Å². The summed E-state index contributed by atoms with van der Waals surface area (Å²) in [7, 11) is 0. The largest absolute Gasteiger partial charge is 0.369 e. The molecule has 1 saturated heterocycles. The molecule has 2 aromatic heterocycles. The van der Waals surface area contributed by atoms with Gasteiger partial charge in [0.05, 0.1) is 10.7 Å². The number of fused-ring (bicyclic) bond motifs is 1. The van der Waals surface area contributed by atoms with Gasteiger partial charge in [-0.1, -0.05) is 23.7 Å². The van der Waals surface area contributed by atoms with E-state index in [1.807, 2.05) is 12.1 Å². The zero-order chi connectivity index (χ0) is 23.9. The van der Waals surface area contributed by atoms with Crippen molar-refractivity contribution in [1.29, 1.82) is 0 Å². The van der Waals surface area contributed by atoms with Gasteiger partial charge in [0.1, 0.15) is 5.39 Å². The van der Waals surface area contributed by atoms with Gasteiger partial charge in [-0.2, -0.15) is 4.98 Å². The molecule has 4 aromatic rings. The maximum Gasteiger partial charge on any atom is 0.334 e. The molecule has 2 N–H and O–H groups in total. The van der Waals surface area contributed by atoms with Gasteiger partial charge in [0.15, 0.2) is 5.65 Å². The molecule has 0 unspecified atom stereocenters. The Morgan fingerprint density at radius 2 is 1.71 bits per heavy atom. The fourth-order valence-corrected chi connectivity index (χ4v) is 4.81. The summed E-state index contributed by atoms with van der Waals surface area (Å²) in [5.74, 6) is 0.286. The summed E-state index contributed by atoms with van der Waals surface area (Å²) in [6, 6.07) is 15.6. The van der Waals surface area contributed by atoms with Gasteiger partial charge in [-0.05, 0) is 49.2 Å². The third kappa shape index (κ3) is 4.28. The number of nitrogens with one attached hydrogen (secondary N) is 2. The van der Waals surface area contributed by atoms with E-state index in [4.69, 9.17) is 11.6 Å². The summed E-state index contributed by atoms with van der Waals surface area (Å²) in [5.41, 5.74) is 1.32. The first kappa shape index (κ1) is 21.8. The third-order valence-electron chi connectivity index (χ3n) is 6.61. The summed E-state index contributed by atoms with van der Waals surface area (Å²) in [5, 5.41) is 3.64. The number of anilines is 3. The van der Waals surface area contributed by atoms with Crippen LogP contribution < -0.4 is 21.5 Å². The molecule has 10 heteroatoms. The molecular weight excluding hydrogens is 466 g/mol. The standard InChI is InChI=1S/C25H24ClN7O2/c26-20-3-1-2-4-21(20)33-23(34)19-15-27-24(29-22(19)30-25(33)35)28-16-5-7-17(8-6-16)31-11-13-32(14-12-31)18-9-10-18/h1-8,15,18H,9-14H2,(H2,27,28,29,30,35). The van der Waals surface area contributed by atoms with Gasteiger partial charge in [-0.3, -0.25) is 14.7 Å². The van der Waals surface area contributed by atoms with Crippen molar-refractivity contribution in [2.24, 2.45) is 0 Å². The fraction of sp³-hybridized carbons (Fsp3) is 0.280. The lowest BCUT2D eigenvalue weighted by Crippen LogP contribution is -2.47. The van der Waals surface area contributed by atoms with E-state index in [-0.39, 0.29) is 17.0 Å². The van der Waals surface area contributed by atoms with Crippen LogP contribution in [0, 0.1) is 0 Å². The van der Waals surface area contributed by atoms with Crippen LogP contribution in [0.4, 0.5) is 17.3 Å². The zero-order valence-electron chi connectivity index (χ0n) is 18.9. The maximum atomic E-state index is 13.0. The van der Waals surface area contributed by atoms with Gasteiger partial charge in [0.25, 0.3) is 5.56 Å². The molecule has 0 radical (unpaired) electrons. The lowest BCUT2D eigenvalue weighted by molar-refractivity contribution is 0.248. The minimum absolute atomic E-state index is 0.158. The molecule has 2 aromatic carbocycles. The van der Waals surface area contributed by atoms with Crippen LogP contribution in [0.25, 0.3) is 16.7 Å². The summed E-state index contributed by atoms with van der Waals surface area (Å²) in [6.07, 6.45) is 4.11. The van der Waals surface area contributed by atoms with E-state index in [0.29, 0.717) is 10.7 Å². The Hall–Kier alpha value is -3.69. The Morgan fingerprint density at radius 1 is 0.971 bits per heavy atom. The Kier molecular flexibility index (Phi) is 5.50. The molecule has 2 aliphatic rings. The smallest absolute Gasteiger partial charge is 0.334 e. The van der Waals surface area contributed by atoms with Crippen molar-refractivity contribution in [1.82, 2.24) is 24.4 Å². The molecule has 1 aliphatic carbocycles. The van der Waals surface area contributed by atoms with Gasteiger partial charge in [-0.25, -0.2) is 14.3 Å². The first-order valence-corrected chi connectivity index (χ1v) is 12.1. The first-order chi connectivity index (χ1) is 17.1. The fourth-order valence-electron chi connectivity index (χ4n) is 4.59. The van der Waals surface area contributed by atoms with Crippen LogP contribution in [0.5, 0.6) is 0 Å². The minimum Gasteiger partial charge on any atom is -0.369 e. The highest BCUT2D eigenvalue weighted by atomic mass is 35.5. The number of H-pyrrole nitrogens is 1. The predicted molar refractivity (Wildman–Crippen MR) is 137 cm³/mol. The SMILES string of the molecule is O=c1[nH]c2nc(Nc3ccc(N4CCN(C5CC5)CC4)cc3)ncc2c(=O)n1-c1ccccc1Cl. The number of hydrogen-bond donors (Lipinski definition) is 2. The second-order valence-electron chi connectivity index (χ2n) is 8.90. The molecule has 3 heterocycles. The Labute approximate surface area is 206 Å². The monoisotopic (exact) mass is 489 g/mol. The third-order valence-corrected chi connectivity index (χ3v) is 6.93. The molecule has 0 amide bonds. The van der Waals surface area contributed by atoms with Crippen LogP contribution >= 0.6 is 11.6 Å². The molecule has 9 nitrogen and oxygen atoms in total. The summed E-state index contributed by atoms with van der Waals surface area (Å²) in [6.45, 7) is 4.31. The average Bonchev–Trinajstić information content (AvgIpc) is 3.71. The average molecular weight is 490 g/mol. The lowest BCUT2D eigenvalue weighted by Gasteiger charge is -2.36. The highest BCUT2D eigenvalue weighted by molar-refractivity contribution is 6.32. The van der Waals surface area contributed by atoms with Crippen molar-refractivity contribution in [3.05, 3.63) is 80.6 Å². The Balaban J connectivity index is 1.21. The molecule has 0 spiro atoms. The van der Waals surface area contributed by atoms with Crippen LogP contribution in [0.1, 0.15) is 12.8 Å². The number of rotatable bonds is 5. The lowest BCUT2D eigenvalue weighted by atomic mass is 10.2. The molecule has 178 valence electrons. The van der Waals surface area contributed by atoms with Crippen LogP contribution in [-0.2, 0) is 0 Å². The minimum atomic E-state index is -0.619. The number of aromatic nitrogens is 4. The normalized spacial score (nSPS) is 16.5. The van der Waals surface area contributed by atoms with Gasteiger partial charge < -0.3 is 10.2 Å². The summed E-state index contributed by atoms with van der Waals surface area (Å²) < 4.78 is 0.990. The van der Waals surface area contributed by atoms with Crippen LogP contribution in [0.15, 0.2) is 64.3 Å². The number of piperazine rings is 1. The molecule has 35 heavy (non-hydrogen) atoms. The molecule has 0 bridgehead atoms. The highest BCUT2D eigenvalue weighted by Crippen LogP contribution is 2.29. The summed E-state index contributed by atoms with van der Waals surface area (Å²) in [4.78, 5) is 42.0. The number of benzene rings is 2. The topological polar surface area (TPSA) is 99.2 Å². The van der Waals surface area contributed by atoms with Gasteiger partial charge in [0, 0.05) is 49.8 Å². The number of hydrogen-bond acceptors (Lipinski definition) is 7. The number of para-hydroxylation sites is 1. The second kappa shape index (κ2) is 8.83. The van der Waals surface area contributed by atoms with E-state index in [9.17, 15) is 9.59 Å². The van der Waals surface area contributed by atoms with Gasteiger partial charge in [-0.15, -0.1) is 0 Å². The van der Waals surface area contributed by atoms with E-state index < -0.39 is 11.2 Å². The zero-order valence-corrected chi connectivity index (χ0v) is 19.7. The van der Waals surface area contributed by atoms with E-state index >= 15 is 0 Å². The molecule has 0 atom stereocenters. The van der Waals surface area contributed by atoms with E-state index in [1.54, 1.807) is 24.3 Å². The Bertz CT molecular complexity index is 1500. The van der Waals surface area contributed by atoms with E-state index in [0.717, 1.165) is 42.5 Å². The number of aromatic amines is 1. The van der Waals surface area contributed by atoms with Gasteiger partial charge in [0.2, 0.25) is 5.95 Å². The first-order valence-electron chi connectivity index (χ1n) is 11.7. The second-order valence-corrected chi connectivity index (χ2v) is 9.31. The molecule has 6 rings (SSSR count). The molecule has 1 saturated carbocycles. The molecular formula is C25H24ClN7O2. The molecule has 1 aliphatic heterocycles. The van der Waals surface area contributed by atoms with Crippen molar-refractivity contribution in [3.8, 4) is 5.69 Å². The number of halogens is 1. The van der Waals surface area contributed by atoms with E-state index in [2.05, 4.69) is 42.2 Å². The number of nitrogens with zero attached hydrogens (tertiary/aromatic N) is 5. The van der Waals surface area contributed by atoms with Crippen molar-refractivity contribution < 1.29 is 0 Å². The van der Waals surface area contributed by atoms with Crippen molar-refractivity contribution in [2.45, 2.75) is 18.9 Å². The van der Waals surface area contributed by atoms with Crippen molar-refractivity contribution in [2.75, 3.05) is 36.4 Å². The maximum absolute atomic E-state index is 13.0. The van der Waals surface area contributed by atoms with Crippen molar-refractivity contribution in [3.63, 3.8) is 0 Å². The quantitative estimate of drug-likeness (QED) is 0.444. The predicted octanol–water partition coefficient (Wildman–Crippen LogP) is 3.15. The van der Waals surface area contributed by atoms with Gasteiger partial charge >= 0.3 is 5.69 Å². The van der Waals surface area contributed by atoms with Crippen LogP contribution in [0.2, 0.25) is 5.02 Å². The van der Waals surface area contributed by atoms with Crippen LogP contribution in [-0.4, -0.2) is 56.6 Å². The molecule has 2 fully saturated rings. The Morgan fingerprint density at radius 3 is 2.43 bits per heavy atom.